The quantitative estimate of drug-likeness (QED) is 0.375. The van der Waals surface area contributed by atoms with Gasteiger partial charge in [0.15, 0.2) is 0 Å². The van der Waals surface area contributed by atoms with Crippen LogP contribution in [-0.4, -0.2) is 55.9 Å². The summed E-state index contributed by atoms with van der Waals surface area (Å²) in [6.45, 7) is 4.21. The van der Waals surface area contributed by atoms with Crippen molar-refractivity contribution in [1.82, 2.24) is 28.6 Å². The van der Waals surface area contributed by atoms with Crippen molar-refractivity contribution in [3.05, 3.63) is 53.9 Å². The molecule has 6 rings (SSSR count). The Labute approximate surface area is 206 Å². The predicted molar refractivity (Wildman–Crippen MR) is 136 cm³/mol. The maximum absolute atomic E-state index is 12.3. The number of hydrogen-bond acceptors (Lipinski definition) is 6. The number of hydrogen-bond donors (Lipinski definition) is 1. The topological polar surface area (TPSA) is 113 Å². The zero-order valence-electron chi connectivity index (χ0n) is 19.3. The molecule has 1 aliphatic heterocycles. The van der Waals surface area contributed by atoms with E-state index in [2.05, 4.69) is 50.8 Å². The van der Waals surface area contributed by atoms with Crippen molar-refractivity contribution < 1.29 is 8.42 Å². The van der Waals surface area contributed by atoms with Crippen molar-refractivity contribution in [3.63, 3.8) is 0 Å². The van der Waals surface area contributed by atoms with Crippen LogP contribution in [0.4, 0.5) is 0 Å². The fourth-order valence-electron chi connectivity index (χ4n) is 4.88. The Hall–Kier alpha value is -3.46. The normalized spacial score (nSPS) is 16.0. The zero-order valence-corrected chi connectivity index (χ0v) is 20.9. The lowest BCUT2D eigenvalue weighted by atomic mass is 9.89. The molecule has 0 saturated carbocycles. The van der Waals surface area contributed by atoms with Crippen LogP contribution in [-0.2, 0) is 15.6 Å². The van der Waals surface area contributed by atoms with E-state index in [0.29, 0.717) is 0 Å². The van der Waals surface area contributed by atoms with Gasteiger partial charge in [0.1, 0.15) is 11.2 Å². The fourth-order valence-corrected chi connectivity index (χ4v) is 6.99. The summed E-state index contributed by atoms with van der Waals surface area (Å²) in [6, 6.07) is 10.6. The Kier molecular flexibility index (Phi) is 4.90. The maximum Gasteiger partial charge on any atom is 0.213 e. The van der Waals surface area contributed by atoms with Gasteiger partial charge in [-0.05, 0) is 38.1 Å². The first kappa shape index (κ1) is 22.0. The van der Waals surface area contributed by atoms with Crippen LogP contribution in [0.25, 0.3) is 38.2 Å². The van der Waals surface area contributed by atoms with Crippen LogP contribution in [0, 0.1) is 18.3 Å². The standard InChI is InChI=1S/C24H23N7O2S2/c1-3-35(32,33)29-14-24(15-29,7-8-25)30-13-18(12-28-30)31-20(21-5-4-16(2)34-21)10-17-11-27-23-19(22(17)31)6-9-26-23/h4-6,9-13H,3,7,14-15H2,1-2H3,(H,26,27). The summed E-state index contributed by atoms with van der Waals surface area (Å²) in [6.07, 6.45) is 7.65. The number of H-pyrrole nitrogens is 1. The number of fused-ring (bicyclic) bond motifs is 3. The molecule has 5 aromatic heterocycles. The van der Waals surface area contributed by atoms with Gasteiger partial charge in [0.2, 0.25) is 10.0 Å². The molecule has 1 aliphatic rings. The molecule has 0 amide bonds. The summed E-state index contributed by atoms with van der Waals surface area (Å²) in [5.41, 5.74) is 3.03. The number of nitrogens with zero attached hydrogens (tertiary/aromatic N) is 6. The average molecular weight is 506 g/mol. The third-order valence-electron chi connectivity index (χ3n) is 6.76. The molecule has 9 nitrogen and oxygen atoms in total. The first-order chi connectivity index (χ1) is 16.8. The van der Waals surface area contributed by atoms with Gasteiger partial charge in [0, 0.05) is 47.3 Å². The highest BCUT2D eigenvalue weighted by molar-refractivity contribution is 7.89. The van der Waals surface area contributed by atoms with Crippen molar-refractivity contribution in [3.8, 4) is 22.3 Å². The first-order valence-corrected chi connectivity index (χ1v) is 13.7. The zero-order chi connectivity index (χ0) is 24.4. The summed E-state index contributed by atoms with van der Waals surface area (Å²) in [5, 5.41) is 16.2. The number of aromatic nitrogens is 5. The van der Waals surface area contributed by atoms with Crippen LogP contribution in [0.2, 0.25) is 0 Å². The van der Waals surface area contributed by atoms with Gasteiger partial charge in [-0.2, -0.15) is 14.7 Å². The third-order valence-corrected chi connectivity index (χ3v) is 9.55. The molecule has 1 N–H and O–H groups in total. The van der Waals surface area contributed by atoms with Gasteiger partial charge in [0.05, 0.1) is 46.2 Å². The highest BCUT2D eigenvalue weighted by atomic mass is 32.2. The van der Waals surface area contributed by atoms with Gasteiger partial charge in [-0.15, -0.1) is 11.3 Å². The van der Waals surface area contributed by atoms with Gasteiger partial charge < -0.3 is 9.55 Å². The minimum atomic E-state index is -3.31. The maximum atomic E-state index is 12.3. The van der Waals surface area contributed by atoms with Crippen LogP contribution in [0.15, 0.2) is 49.1 Å². The number of thiophene rings is 1. The molecule has 1 saturated heterocycles. The fraction of sp³-hybridized carbons (Fsp3) is 0.292. The average Bonchev–Trinajstić information content (AvgIpc) is 3.59. The molecule has 11 heteroatoms. The van der Waals surface area contributed by atoms with Crippen LogP contribution in [0.5, 0.6) is 0 Å². The van der Waals surface area contributed by atoms with Gasteiger partial charge in [-0.3, -0.25) is 4.68 Å². The molecule has 0 radical (unpaired) electrons. The molecule has 0 spiro atoms. The van der Waals surface area contributed by atoms with Gasteiger partial charge >= 0.3 is 0 Å². The van der Waals surface area contributed by atoms with E-state index in [1.807, 2.05) is 24.7 Å². The Morgan fingerprint density at radius 3 is 2.80 bits per heavy atom. The van der Waals surface area contributed by atoms with Gasteiger partial charge in [-0.25, -0.2) is 13.4 Å². The second kappa shape index (κ2) is 7.78. The number of rotatable bonds is 6. The van der Waals surface area contributed by atoms with E-state index in [0.717, 1.165) is 38.2 Å². The molecule has 1 fully saturated rings. The molecular formula is C24H23N7O2S2. The van der Waals surface area contributed by atoms with Crippen molar-refractivity contribution in [1.29, 1.82) is 5.26 Å². The molecule has 0 aromatic carbocycles. The number of aryl methyl sites for hydroxylation is 1. The second-order valence-corrected chi connectivity index (χ2v) is 12.5. The lowest BCUT2D eigenvalue weighted by molar-refractivity contribution is 0.0718. The van der Waals surface area contributed by atoms with Crippen molar-refractivity contribution in [2.45, 2.75) is 25.8 Å². The van der Waals surface area contributed by atoms with E-state index < -0.39 is 15.6 Å². The summed E-state index contributed by atoms with van der Waals surface area (Å²) >= 11 is 1.72. The Morgan fingerprint density at radius 2 is 2.09 bits per heavy atom. The van der Waals surface area contributed by atoms with Crippen molar-refractivity contribution >= 4 is 43.3 Å². The summed E-state index contributed by atoms with van der Waals surface area (Å²) in [4.78, 5) is 10.1. The SMILES string of the molecule is CCS(=O)(=O)N1CC(CC#N)(n2cc(-n3c(-c4ccc(C)s4)cc4cnc5[nH]ccc5c43)cn2)C1. The monoisotopic (exact) mass is 505 g/mol. The van der Waals surface area contributed by atoms with Crippen molar-refractivity contribution in [2.24, 2.45) is 0 Å². The van der Waals surface area contributed by atoms with E-state index in [4.69, 9.17) is 0 Å². The van der Waals surface area contributed by atoms with E-state index in [1.165, 1.54) is 9.18 Å². The van der Waals surface area contributed by atoms with Crippen LogP contribution in [0.1, 0.15) is 18.2 Å². The number of sulfonamides is 1. The smallest absolute Gasteiger partial charge is 0.213 e. The summed E-state index contributed by atoms with van der Waals surface area (Å²) in [5.74, 6) is 0.0413. The number of nitriles is 1. The first-order valence-electron chi connectivity index (χ1n) is 11.3. The van der Waals surface area contributed by atoms with E-state index in [9.17, 15) is 13.7 Å². The Balaban J connectivity index is 1.51. The minimum Gasteiger partial charge on any atom is -0.346 e. The Morgan fingerprint density at radius 1 is 1.26 bits per heavy atom. The van der Waals surface area contributed by atoms with Gasteiger partial charge in [0.25, 0.3) is 0 Å². The molecule has 5 aromatic rings. The highest BCUT2D eigenvalue weighted by Crippen LogP contribution is 2.39. The molecule has 0 unspecified atom stereocenters. The van der Waals surface area contributed by atoms with E-state index in [1.54, 1.807) is 29.1 Å². The molecule has 0 bridgehead atoms. The summed E-state index contributed by atoms with van der Waals surface area (Å²) in [7, 11) is -3.31. The number of aromatic amines is 1. The van der Waals surface area contributed by atoms with E-state index in [-0.39, 0.29) is 25.3 Å². The largest absolute Gasteiger partial charge is 0.346 e. The van der Waals surface area contributed by atoms with Gasteiger partial charge in [-0.1, -0.05) is 0 Å². The highest BCUT2D eigenvalue weighted by Gasteiger charge is 2.49. The van der Waals surface area contributed by atoms with E-state index >= 15 is 0 Å². The molecule has 6 heterocycles. The minimum absolute atomic E-state index is 0.0413. The second-order valence-electron chi connectivity index (χ2n) is 8.95. The van der Waals surface area contributed by atoms with Crippen LogP contribution >= 0.6 is 11.3 Å². The predicted octanol–water partition coefficient (Wildman–Crippen LogP) is 4.01. The summed E-state index contributed by atoms with van der Waals surface area (Å²) < 4.78 is 30.1. The molecule has 0 aliphatic carbocycles. The molecular weight excluding hydrogens is 482 g/mol. The lowest BCUT2D eigenvalue weighted by Gasteiger charge is -2.47. The molecule has 35 heavy (non-hydrogen) atoms. The number of pyridine rings is 1. The molecule has 178 valence electrons. The van der Waals surface area contributed by atoms with Crippen molar-refractivity contribution in [2.75, 3.05) is 18.8 Å². The van der Waals surface area contributed by atoms with Crippen LogP contribution in [0.3, 0.4) is 0 Å². The number of nitrogens with one attached hydrogen (secondary N) is 1. The third kappa shape index (κ3) is 3.32. The lowest BCUT2D eigenvalue weighted by Crippen LogP contribution is -2.64. The van der Waals surface area contributed by atoms with Crippen LogP contribution < -0.4 is 0 Å². The Bertz CT molecular complexity index is 1730. The molecule has 0 atom stereocenters.